The zero-order valence-electron chi connectivity index (χ0n) is 12.3. The Balaban J connectivity index is 2.03. The van der Waals surface area contributed by atoms with Crippen molar-refractivity contribution in [1.29, 1.82) is 5.26 Å². The second-order valence-corrected chi connectivity index (χ2v) is 5.47. The molecule has 0 bridgehead atoms. The van der Waals surface area contributed by atoms with Gasteiger partial charge in [-0.1, -0.05) is 19.1 Å². The van der Waals surface area contributed by atoms with Crippen molar-refractivity contribution in [2.45, 2.75) is 25.2 Å². The molecule has 0 amide bonds. The van der Waals surface area contributed by atoms with E-state index in [1.54, 1.807) is 0 Å². The molecule has 1 aromatic rings. The normalized spacial score (nSPS) is 17.9. The zero-order chi connectivity index (χ0) is 15.1. The minimum Gasteiger partial charge on any atom is -0.295 e. The number of hydrazone groups is 1. The van der Waals surface area contributed by atoms with Crippen LogP contribution in [0, 0.1) is 17.2 Å². The predicted molar refractivity (Wildman–Crippen MR) is 87.1 cm³/mol. The first-order chi connectivity index (χ1) is 10.3. The van der Waals surface area contributed by atoms with Gasteiger partial charge in [0.1, 0.15) is 6.07 Å². The molecular weight excluding hydrogens is 282 g/mol. The van der Waals surface area contributed by atoms with Gasteiger partial charge in [0.05, 0.1) is 12.1 Å². The van der Waals surface area contributed by atoms with Crippen LogP contribution in [0.5, 0.6) is 0 Å². The maximum atomic E-state index is 9.11. The summed E-state index contributed by atoms with van der Waals surface area (Å²) in [7, 11) is 0. The minimum atomic E-state index is 0.477. The van der Waals surface area contributed by atoms with E-state index in [1.807, 2.05) is 42.4 Å². The number of guanidine groups is 1. The zero-order valence-corrected chi connectivity index (χ0v) is 13.1. The average molecular weight is 301 g/mol. The molecule has 1 aromatic carbocycles. The van der Waals surface area contributed by atoms with Crippen LogP contribution < -0.4 is 4.72 Å². The summed E-state index contributed by atoms with van der Waals surface area (Å²) in [6.45, 7) is 5.68. The van der Waals surface area contributed by atoms with Crippen molar-refractivity contribution in [2.24, 2.45) is 16.0 Å². The average Bonchev–Trinajstić information content (AvgIpc) is 3.00. The second kappa shape index (κ2) is 7.70. The van der Waals surface area contributed by atoms with Crippen molar-refractivity contribution in [3.8, 4) is 6.07 Å². The summed E-state index contributed by atoms with van der Waals surface area (Å²) in [5, 5.41) is 15.4. The van der Waals surface area contributed by atoms with E-state index in [9.17, 15) is 0 Å². The van der Waals surface area contributed by atoms with Crippen molar-refractivity contribution in [3.05, 3.63) is 29.8 Å². The molecular formula is C15H19N5S. The first-order valence-electron chi connectivity index (χ1n) is 7.06. The fourth-order valence-electron chi connectivity index (χ4n) is 1.93. The second-order valence-electron chi connectivity index (χ2n) is 4.63. The van der Waals surface area contributed by atoms with Crippen LogP contribution in [0.25, 0.3) is 0 Å². The Labute approximate surface area is 129 Å². The predicted octanol–water partition coefficient (Wildman–Crippen LogP) is 2.86. The molecule has 0 aromatic heterocycles. The maximum Gasteiger partial charge on any atom is 0.225 e. The number of hydrogen-bond acceptors (Lipinski definition) is 4. The molecule has 0 radical (unpaired) electrons. The van der Waals surface area contributed by atoms with E-state index >= 15 is 0 Å². The number of rotatable bonds is 4. The molecule has 1 heterocycles. The summed E-state index contributed by atoms with van der Waals surface area (Å²) >= 11 is 1.40. The maximum absolute atomic E-state index is 9.11. The largest absolute Gasteiger partial charge is 0.295 e. The fourth-order valence-corrected chi connectivity index (χ4v) is 2.67. The van der Waals surface area contributed by atoms with Gasteiger partial charge < -0.3 is 0 Å². The standard InChI is InChI=1S/C15H19N5S/c1-3-12-10-18-20(11-12)15(17-4-2)19-21-14-8-6-5-7-13(14)9-16/h5-8,10,12H,3-4,11H2,1-2H3,(H,17,19). The molecule has 0 fully saturated rings. The van der Waals surface area contributed by atoms with Gasteiger partial charge in [0.2, 0.25) is 5.96 Å². The number of aliphatic imine (C=N–C) groups is 1. The van der Waals surface area contributed by atoms with Crippen molar-refractivity contribution in [3.63, 3.8) is 0 Å². The number of hydrogen-bond donors (Lipinski definition) is 1. The lowest BCUT2D eigenvalue weighted by Crippen LogP contribution is -2.34. The van der Waals surface area contributed by atoms with Gasteiger partial charge in [-0.2, -0.15) is 10.4 Å². The molecule has 2 rings (SSSR count). The number of nitriles is 1. The minimum absolute atomic E-state index is 0.477. The van der Waals surface area contributed by atoms with E-state index in [2.05, 4.69) is 27.8 Å². The summed E-state index contributed by atoms with van der Waals surface area (Å²) in [5.74, 6) is 1.22. The third-order valence-corrected chi connectivity index (χ3v) is 4.02. The lowest BCUT2D eigenvalue weighted by atomic mass is 10.1. The number of nitrogens with zero attached hydrogens (tertiary/aromatic N) is 4. The molecule has 1 atom stereocenters. The summed E-state index contributed by atoms with van der Waals surface area (Å²) in [4.78, 5) is 5.35. The van der Waals surface area contributed by atoms with Crippen LogP contribution in [-0.4, -0.2) is 30.3 Å². The highest BCUT2D eigenvalue weighted by atomic mass is 32.2. The SMILES string of the molecule is CCN=C(NSc1ccccc1C#N)N1CC(CC)C=N1. The Morgan fingerprint density at radius 2 is 2.33 bits per heavy atom. The van der Waals surface area contributed by atoms with E-state index in [0.717, 1.165) is 23.8 Å². The van der Waals surface area contributed by atoms with E-state index < -0.39 is 0 Å². The van der Waals surface area contributed by atoms with Crippen molar-refractivity contribution < 1.29 is 0 Å². The van der Waals surface area contributed by atoms with E-state index in [-0.39, 0.29) is 0 Å². The summed E-state index contributed by atoms with van der Waals surface area (Å²) in [5.41, 5.74) is 0.655. The van der Waals surface area contributed by atoms with Gasteiger partial charge in [-0.3, -0.25) is 9.71 Å². The van der Waals surface area contributed by atoms with Crippen LogP contribution in [0.15, 0.2) is 39.3 Å². The van der Waals surface area contributed by atoms with Crippen LogP contribution in [0.2, 0.25) is 0 Å². The van der Waals surface area contributed by atoms with Crippen LogP contribution in [-0.2, 0) is 0 Å². The molecule has 1 N–H and O–H groups in total. The number of nitrogens with one attached hydrogen (secondary N) is 1. The molecule has 1 aliphatic heterocycles. The number of benzene rings is 1. The third kappa shape index (κ3) is 3.99. The molecule has 0 saturated heterocycles. The lowest BCUT2D eigenvalue weighted by molar-refractivity contribution is 0.431. The molecule has 1 aliphatic rings. The van der Waals surface area contributed by atoms with Gasteiger partial charge in [-0.05, 0) is 37.4 Å². The highest BCUT2D eigenvalue weighted by Gasteiger charge is 2.20. The topological polar surface area (TPSA) is 63.8 Å². The summed E-state index contributed by atoms with van der Waals surface area (Å²) in [6.07, 6.45) is 3.05. The molecule has 21 heavy (non-hydrogen) atoms. The highest BCUT2D eigenvalue weighted by Crippen LogP contribution is 2.20. The monoisotopic (exact) mass is 301 g/mol. The quantitative estimate of drug-likeness (QED) is 0.527. The lowest BCUT2D eigenvalue weighted by Gasteiger charge is -2.18. The van der Waals surface area contributed by atoms with Gasteiger partial charge in [-0.25, -0.2) is 5.01 Å². The van der Waals surface area contributed by atoms with Gasteiger partial charge >= 0.3 is 0 Å². The van der Waals surface area contributed by atoms with Gasteiger partial charge in [0.15, 0.2) is 0 Å². The Hall–Kier alpha value is -2.00. The Kier molecular flexibility index (Phi) is 5.64. The first kappa shape index (κ1) is 15.4. The van der Waals surface area contributed by atoms with Gasteiger partial charge in [0.25, 0.3) is 0 Å². The van der Waals surface area contributed by atoms with Gasteiger partial charge in [0, 0.05) is 23.6 Å². The molecule has 0 spiro atoms. The Bertz CT molecular complexity index is 576. The van der Waals surface area contributed by atoms with Gasteiger partial charge in [-0.15, -0.1) is 0 Å². The molecule has 110 valence electrons. The van der Waals surface area contributed by atoms with Crippen LogP contribution in [0.3, 0.4) is 0 Å². The fraction of sp³-hybridized carbons (Fsp3) is 0.400. The molecule has 5 nitrogen and oxygen atoms in total. The van der Waals surface area contributed by atoms with E-state index in [1.165, 1.54) is 11.9 Å². The third-order valence-electron chi connectivity index (χ3n) is 3.16. The van der Waals surface area contributed by atoms with Crippen LogP contribution in [0.1, 0.15) is 25.8 Å². The van der Waals surface area contributed by atoms with E-state index in [4.69, 9.17) is 5.26 Å². The van der Waals surface area contributed by atoms with Crippen molar-refractivity contribution in [2.75, 3.05) is 13.1 Å². The smallest absolute Gasteiger partial charge is 0.225 e. The highest BCUT2D eigenvalue weighted by molar-refractivity contribution is 7.98. The Morgan fingerprint density at radius 1 is 1.52 bits per heavy atom. The summed E-state index contributed by atoms with van der Waals surface area (Å²) < 4.78 is 3.23. The van der Waals surface area contributed by atoms with E-state index in [0.29, 0.717) is 18.0 Å². The van der Waals surface area contributed by atoms with Crippen molar-refractivity contribution in [1.82, 2.24) is 9.73 Å². The van der Waals surface area contributed by atoms with Crippen LogP contribution >= 0.6 is 11.9 Å². The molecule has 0 saturated carbocycles. The van der Waals surface area contributed by atoms with Crippen LogP contribution in [0.4, 0.5) is 0 Å². The molecule has 0 aliphatic carbocycles. The Morgan fingerprint density at radius 3 is 3.00 bits per heavy atom. The first-order valence-corrected chi connectivity index (χ1v) is 7.88. The summed E-state index contributed by atoms with van der Waals surface area (Å²) in [6, 6.07) is 9.70. The van der Waals surface area contributed by atoms with Crippen molar-refractivity contribution >= 4 is 24.1 Å². The molecule has 6 heteroatoms. The molecule has 1 unspecified atom stereocenters.